The van der Waals surface area contributed by atoms with Crippen LogP contribution in [0.2, 0.25) is 0 Å². The van der Waals surface area contributed by atoms with Crippen LogP contribution >= 0.6 is 0 Å². The summed E-state index contributed by atoms with van der Waals surface area (Å²) in [4.78, 5) is 5.08. The summed E-state index contributed by atoms with van der Waals surface area (Å²) in [6, 6.07) is 2.14. The summed E-state index contributed by atoms with van der Waals surface area (Å²) < 4.78 is 4.13. The molecule has 0 saturated carbocycles. The van der Waals surface area contributed by atoms with Gasteiger partial charge in [-0.05, 0) is 78.7 Å². The van der Waals surface area contributed by atoms with Crippen LogP contribution in [0.15, 0.2) is 18.5 Å². The molecule has 2 aromatic rings. The quantitative estimate of drug-likeness (QED) is 0.732. The fourth-order valence-electron chi connectivity index (χ4n) is 4.36. The number of nitrogens with zero attached hydrogens (tertiary/aromatic N) is 6. The lowest BCUT2D eigenvalue weighted by molar-refractivity contribution is 0.215. The maximum atomic E-state index is 4.48. The molecule has 6 nitrogen and oxygen atoms in total. The topological polar surface area (TPSA) is 42.1 Å². The number of hydrogen-bond acceptors (Lipinski definition) is 4. The second-order valence-corrected chi connectivity index (χ2v) is 8.41. The first-order valence-corrected chi connectivity index (χ1v) is 11.7. The number of rotatable bonds is 6. The maximum absolute atomic E-state index is 4.48. The van der Waals surface area contributed by atoms with Crippen molar-refractivity contribution in [2.45, 2.75) is 85.5 Å². The Morgan fingerprint density at radius 1 is 0.828 bits per heavy atom. The van der Waals surface area contributed by atoms with Crippen LogP contribution < -0.4 is 0 Å². The van der Waals surface area contributed by atoms with Gasteiger partial charge in [0.2, 0.25) is 0 Å². The Bertz CT molecular complexity index is 707. The lowest BCUT2D eigenvalue weighted by atomic mass is 10.1. The van der Waals surface area contributed by atoms with E-state index in [1.54, 1.807) is 0 Å². The predicted molar refractivity (Wildman–Crippen MR) is 119 cm³/mol. The third-order valence-electron chi connectivity index (χ3n) is 6.15. The molecule has 4 heterocycles. The first-order chi connectivity index (χ1) is 14.2. The van der Waals surface area contributed by atoms with Crippen molar-refractivity contribution in [1.29, 1.82) is 0 Å². The first kappa shape index (κ1) is 22.0. The number of aryl methyl sites for hydroxylation is 3. The van der Waals surface area contributed by atoms with Gasteiger partial charge in [0.15, 0.2) is 0 Å². The van der Waals surface area contributed by atoms with Crippen molar-refractivity contribution in [2.75, 3.05) is 26.2 Å². The molecule has 0 spiro atoms. The molecule has 0 aliphatic carbocycles. The molecular formula is C23H40N6. The van der Waals surface area contributed by atoms with Gasteiger partial charge < -0.3 is 0 Å². The number of likely N-dealkylation sites (tertiary alicyclic amines) is 2. The minimum atomic E-state index is 0.973. The normalized spacial score (nSPS) is 18.4. The molecular weight excluding hydrogens is 360 g/mol. The van der Waals surface area contributed by atoms with E-state index in [1.165, 1.54) is 81.7 Å². The van der Waals surface area contributed by atoms with Crippen LogP contribution in [-0.4, -0.2) is 55.5 Å². The highest BCUT2D eigenvalue weighted by molar-refractivity contribution is 5.15. The Balaban J connectivity index is 0.000000166. The van der Waals surface area contributed by atoms with Crippen molar-refractivity contribution in [2.24, 2.45) is 0 Å². The standard InChI is InChI=1S/C12H21N3.C11H19N3/c1-3-15-10-12(11(2)13-15)9-14-7-5-4-6-8-14;1-2-14-11(6-7-12-14)10-13-8-4-3-5-9-13/h10H,3-9H2,1-2H3;6-7H,2-5,8-10H2,1H3. The SMILES string of the molecule is CCn1cc(CN2CCCCC2)c(C)n1.CCn1nccc1CN1CCCCC1. The van der Waals surface area contributed by atoms with E-state index in [9.17, 15) is 0 Å². The maximum Gasteiger partial charge on any atom is 0.0638 e. The molecule has 162 valence electrons. The van der Waals surface area contributed by atoms with Gasteiger partial charge in [0, 0.05) is 44.1 Å². The molecule has 2 aliphatic rings. The average Bonchev–Trinajstić information content (AvgIpc) is 3.36. The zero-order valence-electron chi connectivity index (χ0n) is 18.8. The Morgan fingerprint density at radius 2 is 1.45 bits per heavy atom. The first-order valence-electron chi connectivity index (χ1n) is 11.7. The van der Waals surface area contributed by atoms with Crippen LogP contribution in [-0.2, 0) is 26.2 Å². The largest absolute Gasteiger partial charge is 0.299 e. The van der Waals surface area contributed by atoms with Gasteiger partial charge >= 0.3 is 0 Å². The lowest BCUT2D eigenvalue weighted by Crippen LogP contribution is -2.30. The number of piperidine rings is 2. The second kappa shape index (κ2) is 11.5. The van der Waals surface area contributed by atoms with Gasteiger partial charge in [0.1, 0.15) is 0 Å². The van der Waals surface area contributed by atoms with Gasteiger partial charge in [-0.2, -0.15) is 10.2 Å². The van der Waals surface area contributed by atoms with Crippen LogP contribution in [0, 0.1) is 6.92 Å². The molecule has 29 heavy (non-hydrogen) atoms. The molecule has 2 aliphatic heterocycles. The van der Waals surface area contributed by atoms with Gasteiger partial charge in [-0.1, -0.05) is 12.8 Å². The van der Waals surface area contributed by atoms with E-state index in [4.69, 9.17) is 0 Å². The smallest absolute Gasteiger partial charge is 0.0638 e. The van der Waals surface area contributed by atoms with E-state index in [-0.39, 0.29) is 0 Å². The minimum Gasteiger partial charge on any atom is -0.299 e. The van der Waals surface area contributed by atoms with Gasteiger partial charge in [-0.3, -0.25) is 19.2 Å². The number of hydrogen-bond donors (Lipinski definition) is 0. The summed E-state index contributed by atoms with van der Waals surface area (Å²) in [7, 11) is 0. The third-order valence-corrected chi connectivity index (χ3v) is 6.15. The fourth-order valence-corrected chi connectivity index (χ4v) is 4.36. The zero-order chi connectivity index (χ0) is 20.5. The predicted octanol–water partition coefficient (Wildman–Crippen LogP) is 4.09. The van der Waals surface area contributed by atoms with Gasteiger partial charge in [-0.25, -0.2) is 0 Å². The summed E-state index contributed by atoms with van der Waals surface area (Å²) in [6.45, 7) is 15.6. The minimum absolute atomic E-state index is 0.973. The van der Waals surface area contributed by atoms with Crippen molar-refractivity contribution in [1.82, 2.24) is 29.4 Å². The summed E-state index contributed by atoms with van der Waals surface area (Å²) in [6.07, 6.45) is 12.4. The Hall–Kier alpha value is -1.66. The molecule has 2 aromatic heterocycles. The highest BCUT2D eigenvalue weighted by Crippen LogP contribution is 2.15. The molecule has 2 saturated heterocycles. The Labute approximate surface area is 176 Å². The van der Waals surface area contributed by atoms with Gasteiger partial charge in [0.05, 0.1) is 11.4 Å². The molecule has 0 N–H and O–H groups in total. The van der Waals surface area contributed by atoms with Crippen LogP contribution in [0.1, 0.15) is 69.3 Å². The summed E-state index contributed by atoms with van der Waals surface area (Å²) in [5.74, 6) is 0. The highest BCUT2D eigenvalue weighted by Gasteiger charge is 2.13. The van der Waals surface area contributed by atoms with Gasteiger partial charge in [0.25, 0.3) is 0 Å². The summed E-state index contributed by atoms with van der Waals surface area (Å²) in [5.41, 5.74) is 3.95. The molecule has 0 aromatic carbocycles. The van der Waals surface area contributed by atoms with E-state index in [0.29, 0.717) is 0 Å². The molecule has 6 heteroatoms. The summed E-state index contributed by atoms with van der Waals surface area (Å²) in [5, 5.41) is 8.77. The van der Waals surface area contributed by atoms with Crippen molar-refractivity contribution < 1.29 is 0 Å². The van der Waals surface area contributed by atoms with E-state index in [0.717, 1.165) is 26.2 Å². The lowest BCUT2D eigenvalue weighted by Gasteiger charge is -2.26. The second-order valence-electron chi connectivity index (χ2n) is 8.41. The van der Waals surface area contributed by atoms with E-state index in [2.05, 4.69) is 57.7 Å². The van der Waals surface area contributed by atoms with Crippen LogP contribution in [0.4, 0.5) is 0 Å². The molecule has 0 atom stereocenters. The van der Waals surface area contributed by atoms with E-state index < -0.39 is 0 Å². The highest BCUT2D eigenvalue weighted by atomic mass is 15.3. The van der Waals surface area contributed by atoms with E-state index in [1.807, 2.05) is 10.9 Å². The molecule has 0 amide bonds. The summed E-state index contributed by atoms with van der Waals surface area (Å²) >= 11 is 0. The molecule has 0 unspecified atom stereocenters. The van der Waals surface area contributed by atoms with Crippen molar-refractivity contribution >= 4 is 0 Å². The van der Waals surface area contributed by atoms with Gasteiger partial charge in [-0.15, -0.1) is 0 Å². The van der Waals surface area contributed by atoms with Crippen LogP contribution in [0.25, 0.3) is 0 Å². The monoisotopic (exact) mass is 400 g/mol. The Kier molecular flexibility index (Phi) is 8.74. The molecule has 2 fully saturated rings. The molecule has 0 bridgehead atoms. The van der Waals surface area contributed by atoms with E-state index >= 15 is 0 Å². The third kappa shape index (κ3) is 6.68. The molecule has 4 rings (SSSR count). The van der Waals surface area contributed by atoms with Crippen molar-refractivity contribution in [3.8, 4) is 0 Å². The van der Waals surface area contributed by atoms with Crippen molar-refractivity contribution in [3.63, 3.8) is 0 Å². The van der Waals surface area contributed by atoms with Crippen LogP contribution in [0.3, 0.4) is 0 Å². The average molecular weight is 401 g/mol. The number of aromatic nitrogens is 4. The molecule has 0 radical (unpaired) electrons. The zero-order valence-corrected chi connectivity index (χ0v) is 18.8. The van der Waals surface area contributed by atoms with Crippen LogP contribution in [0.5, 0.6) is 0 Å². The Morgan fingerprint density at radius 3 is 2.00 bits per heavy atom. The fraction of sp³-hybridized carbons (Fsp3) is 0.739. The van der Waals surface area contributed by atoms with Crippen molar-refractivity contribution in [3.05, 3.63) is 35.4 Å².